The Morgan fingerprint density at radius 3 is 1.48 bits per heavy atom. The fourth-order valence-corrected chi connectivity index (χ4v) is 7.18. The zero-order chi connectivity index (χ0) is 44.8. The number of amides is 2. The minimum Gasteiger partial charge on any atom is -0.481 e. The fraction of sp³-hybridized carbons (Fsp3) is 0.136. The van der Waals surface area contributed by atoms with Crippen LogP contribution in [-0.4, -0.2) is 45.9 Å². The van der Waals surface area contributed by atoms with Crippen LogP contribution in [0.25, 0.3) is 21.5 Å². The van der Waals surface area contributed by atoms with Gasteiger partial charge in [0.05, 0.1) is 22.4 Å². The molecule has 4 N–H and O–H groups in total. The number of halogens is 5. The number of cyclic esters (lactones) is 2. The Morgan fingerprint density at radius 1 is 0.623 bits per heavy atom. The van der Waals surface area contributed by atoms with Crippen molar-refractivity contribution in [3.63, 3.8) is 0 Å². The molecule has 0 aliphatic carbocycles. The van der Waals surface area contributed by atoms with Gasteiger partial charge in [-0.05, 0) is 115 Å². The molecule has 2 aliphatic heterocycles. The standard InChI is InChI=1S/C20H14BrNO2.C12H5BrO3.C8H8F3N.2C2H4O2.Zn/c1-11-8-12(2)10-13(9-11)22-19(23)15-5-3-4-14-17(21)7-6-16(18(14)15)20(22)24;13-9-5-4-8-10-6(9)2-1-3-7(10)11(14)16-12(8)15;1-5-2-6(8(9,10)11)4-7(12)3-5;2*1-2(3)4;/h3-10H,1-2H3;1-5H;2-4H,12H2,1H3;2*1H3,(H,3,4);. The van der Waals surface area contributed by atoms with Gasteiger partial charge in [-0.15, -0.1) is 0 Å². The number of nitrogens with zero attached hydrogens (tertiary/aromatic N) is 1. The summed E-state index contributed by atoms with van der Waals surface area (Å²) in [6, 6.07) is 27.1. The van der Waals surface area contributed by atoms with E-state index >= 15 is 0 Å². The van der Waals surface area contributed by atoms with Gasteiger partial charge in [0, 0.05) is 69.9 Å². The van der Waals surface area contributed by atoms with E-state index in [1.807, 2.05) is 56.3 Å². The molecule has 6 aromatic rings. The van der Waals surface area contributed by atoms with Crippen LogP contribution in [0.2, 0.25) is 0 Å². The molecule has 0 saturated carbocycles. The van der Waals surface area contributed by atoms with Crippen molar-refractivity contribution in [3.05, 3.63) is 151 Å². The average molecular weight is 1020 g/mol. The SMILES string of the molecule is CC(=O)O.CC(=O)O.Cc1cc(C)cc(N2C(=O)c3cccc4c(Br)ccc(c34)C2=O)c1.Cc1cc(N)cc(C(F)(F)F)c1.O=C1OC(=O)c2ccc(Br)c3cccc1c23.[Zn]. The number of hydrogen-bond donors (Lipinski definition) is 3. The number of benzene rings is 6. The quantitative estimate of drug-likeness (QED) is 0.0471. The van der Waals surface area contributed by atoms with Crippen molar-refractivity contribution >= 4 is 100 Å². The minimum absolute atomic E-state index is 0. The molecular formula is C44H35Br2F3N2O9Zn. The largest absolute Gasteiger partial charge is 0.481 e. The van der Waals surface area contributed by atoms with Gasteiger partial charge in [-0.2, -0.15) is 13.2 Å². The molecule has 312 valence electrons. The number of nitrogen functional groups attached to an aromatic ring is 1. The maximum atomic E-state index is 13.0. The predicted molar refractivity (Wildman–Crippen MR) is 227 cm³/mol. The summed E-state index contributed by atoms with van der Waals surface area (Å²) in [7, 11) is 0. The van der Waals surface area contributed by atoms with Gasteiger partial charge >= 0.3 is 18.1 Å². The van der Waals surface area contributed by atoms with E-state index in [0.29, 0.717) is 38.9 Å². The van der Waals surface area contributed by atoms with Gasteiger partial charge in [0.1, 0.15) is 0 Å². The molecule has 17 heteroatoms. The Labute approximate surface area is 376 Å². The number of rotatable bonds is 1. The summed E-state index contributed by atoms with van der Waals surface area (Å²) in [5.41, 5.74) is 9.87. The number of anilines is 2. The number of carboxylic acids is 2. The van der Waals surface area contributed by atoms with Crippen LogP contribution in [-0.2, 0) is 40.0 Å². The molecule has 0 aromatic heterocycles. The second-order valence-corrected chi connectivity index (χ2v) is 15.0. The number of ether oxygens (including phenoxy) is 1. The zero-order valence-electron chi connectivity index (χ0n) is 33.1. The monoisotopic (exact) mass is 1010 g/mol. The van der Waals surface area contributed by atoms with Crippen LogP contribution < -0.4 is 10.6 Å². The van der Waals surface area contributed by atoms with Crippen molar-refractivity contribution in [2.24, 2.45) is 0 Å². The predicted octanol–water partition coefficient (Wildman–Crippen LogP) is 10.7. The Balaban J connectivity index is 0.000000233. The Morgan fingerprint density at radius 2 is 1.02 bits per heavy atom. The van der Waals surface area contributed by atoms with Gasteiger partial charge in [-0.1, -0.05) is 62.2 Å². The van der Waals surface area contributed by atoms with E-state index in [4.69, 9.17) is 25.5 Å². The molecule has 0 atom stereocenters. The van der Waals surface area contributed by atoms with E-state index in [2.05, 4.69) is 36.6 Å². The summed E-state index contributed by atoms with van der Waals surface area (Å²) in [5.74, 6) is -3.38. The van der Waals surface area contributed by atoms with Gasteiger partial charge in [0.25, 0.3) is 23.8 Å². The van der Waals surface area contributed by atoms with E-state index in [0.717, 1.165) is 62.2 Å². The van der Waals surface area contributed by atoms with Gasteiger partial charge in [-0.25, -0.2) is 14.5 Å². The van der Waals surface area contributed by atoms with Crippen molar-refractivity contribution < 1.29 is 76.4 Å². The number of carboxylic acid groups (broad SMARTS) is 2. The number of carbonyl (C=O) groups excluding carboxylic acids is 4. The molecule has 11 nitrogen and oxygen atoms in total. The third-order valence-corrected chi connectivity index (χ3v) is 9.74. The molecule has 8 rings (SSSR count). The van der Waals surface area contributed by atoms with Gasteiger partial charge < -0.3 is 20.7 Å². The molecule has 2 heterocycles. The molecule has 0 saturated heterocycles. The number of alkyl halides is 3. The first-order valence-electron chi connectivity index (χ1n) is 17.5. The third-order valence-electron chi connectivity index (χ3n) is 8.36. The van der Waals surface area contributed by atoms with Crippen molar-refractivity contribution in [1.82, 2.24) is 0 Å². The van der Waals surface area contributed by atoms with E-state index < -0.39 is 35.6 Å². The number of hydrogen-bond acceptors (Lipinski definition) is 8. The summed E-state index contributed by atoms with van der Waals surface area (Å²) in [6.07, 6.45) is -4.31. The molecule has 6 aromatic carbocycles. The Kier molecular flexibility index (Phi) is 16.8. The average Bonchev–Trinajstić information content (AvgIpc) is 3.13. The van der Waals surface area contributed by atoms with Crippen molar-refractivity contribution in [2.45, 2.75) is 40.8 Å². The molecule has 0 unspecified atom stereocenters. The van der Waals surface area contributed by atoms with Crippen molar-refractivity contribution in [2.75, 3.05) is 10.6 Å². The maximum absolute atomic E-state index is 13.0. The first-order chi connectivity index (χ1) is 28.0. The molecule has 2 aliphatic rings. The number of nitrogens with two attached hydrogens (primary N) is 1. The van der Waals surface area contributed by atoms with Crippen LogP contribution in [0.4, 0.5) is 24.5 Å². The van der Waals surface area contributed by atoms with E-state index in [1.165, 1.54) is 11.0 Å². The fourth-order valence-electron chi connectivity index (χ4n) is 6.26. The van der Waals surface area contributed by atoms with Crippen molar-refractivity contribution in [3.8, 4) is 0 Å². The van der Waals surface area contributed by atoms with Crippen LogP contribution in [0.3, 0.4) is 0 Å². The zero-order valence-corrected chi connectivity index (χ0v) is 39.3. The van der Waals surface area contributed by atoms with Crippen molar-refractivity contribution in [1.29, 1.82) is 0 Å². The van der Waals surface area contributed by atoms with E-state index in [1.54, 1.807) is 43.3 Å². The summed E-state index contributed by atoms with van der Waals surface area (Å²) < 4.78 is 42.7. The van der Waals surface area contributed by atoms with E-state index in [9.17, 15) is 32.3 Å². The number of carbonyl (C=O) groups is 6. The van der Waals surface area contributed by atoms with E-state index in [-0.39, 0.29) is 37.0 Å². The first kappa shape index (κ1) is 49.6. The second-order valence-electron chi connectivity index (χ2n) is 13.3. The van der Waals surface area contributed by atoms with Gasteiger partial charge in [0.2, 0.25) is 0 Å². The number of aryl methyl sites for hydroxylation is 3. The molecule has 2 amide bonds. The molecule has 0 spiro atoms. The van der Waals surface area contributed by atoms with Crippen LogP contribution >= 0.6 is 31.9 Å². The maximum Gasteiger partial charge on any atom is 0.416 e. The van der Waals surface area contributed by atoms with Gasteiger partial charge in [0.15, 0.2) is 0 Å². The normalized spacial score (nSPS) is 12.2. The summed E-state index contributed by atoms with van der Waals surface area (Å²) in [6.45, 7) is 7.66. The molecule has 0 radical (unpaired) electrons. The molecule has 0 fully saturated rings. The molecule has 0 bridgehead atoms. The summed E-state index contributed by atoms with van der Waals surface area (Å²) >= 11 is 6.90. The number of esters is 2. The topological polar surface area (TPSA) is 181 Å². The number of imide groups is 1. The first-order valence-corrected chi connectivity index (χ1v) is 19.1. The third kappa shape index (κ3) is 12.2. The summed E-state index contributed by atoms with van der Waals surface area (Å²) in [5, 5.41) is 18.0. The second kappa shape index (κ2) is 20.7. The van der Waals surface area contributed by atoms with Crippen LogP contribution in [0, 0.1) is 20.8 Å². The van der Waals surface area contributed by atoms with Crippen LogP contribution in [0.1, 0.15) is 77.5 Å². The Hall–Kier alpha value is -5.77. The van der Waals surface area contributed by atoms with Gasteiger partial charge in [-0.3, -0.25) is 19.2 Å². The minimum atomic E-state index is -4.31. The number of aliphatic carboxylic acids is 2. The summed E-state index contributed by atoms with van der Waals surface area (Å²) in [4.78, 5) is 68.4. The molecule has 61 heavy (non-hydrogen) atoms. The van der Waals surface area contributed by atoms with Crippen LogP contribution in [0.5, 0.6) is 0 Å². The smallest absolute Gasteiger partial charge is 0.416 e. The van der Waals surface area contributed by atoms with Crippen LogP contribution in [0.15, 0.2) is 106 Å². The molecular weight excluding hydrogens is 983 g/mol. The Bertz CT molecular complexity index is 2620.